The molecule has 2 N–H and O–H groups in total. The lowest BCUT2D eigenvalue weighted by molar-refractivity contribution is 0.565. The molecule has 5 rings (SSSR count). The molecule has 0 spiro atoms. The van der Waals surface area contributed by atoms with Gasteiger partial charge in [-0.25, -0.2) is 0 Å². The molecular weight excluding hydrogens is 426 g/mol. The van der Waals surface area contributed by atoms with E-state index in [-0.39, 0.29) is 10.7 Å². The van der Waals surface area contributed by atoms with Gasteiger partial charge in [0.15, 0.2) is 5.82 Å². The molecule has 0 saturated carbocycles. The average molecular weight is 448 g/mol. The molecule has 0 radical (unpaired) electrons. The standard InChI is InChI=1S/C24H21N3O2S2/c1-17-7-9-20(10-8-17)31(28,29)27-22-15-24(19-12-14-30-16-19,18-5-3-2-4-6-18)13-11-21(22)23(25)26-27/h2-14,16H,15H2,1H3,(H2,25,26). The van der Waals surface area contributed by atoms with Gasteiger partial charge in [-0.2, -0.15) is 23.8 Å². The van der Waals surface area contributed by atoms with Crippen LogP contribution in [-0.4, -0.2) is 17.6 Å². The molecule has 4 aromatic rings. The summed E-state index contributed by atoms with van der Waals surface area (Å²) in [5.41, 5.74) is 10.1. The molecule has 2 aromatic carbocycles. The fourth-order valence-electron chi connectivity index (χ4n) is 4.18. The third kappa shape index (κ3) is 3.12. The van der Waals surface area contributed by atoms with Crippen molar-refractivity contribution in [3.8, 4) is 0 Å². The van der Waals surface area contributed by atoms with E-state index >= 15 is 0 Å². The normalized spacial score (nSPS) is 18.1. The molecule has 0 saturated heterocycles. The van der Waals surface area contributed by atoms with Gasteiger partial charge in [0, 0.05) is 17.4 Å². The van der Waals surface area contributed by atoms with Crippen molar-refractivity contribution in [2.45, 2.75) is 23.7 Å². The second-order valence-electron chi connectivity index (χ2n) is 7.77. The molecule has 2 heterocycles. The van der Waals surface area contributed by atoms with E-state index in [9.17, 15) is 8.42 Å². The maximum Gasteiger partial charge on any atom is 0.283 e. The van der Waals surface area contributed by atoms with Crippen molar-refractivity contribution in [3.05, 3.63) is 105 Å². The number of nitrogen functional groups attached to an aromatic ring is 1. The van der Waals surface area contributed by atoms with E-state index in [1.165, 1.54) is 0 Å². The van der Waals surface area contributed by atoms with E-state index in [4.69, 9.17) is 5.73 Å². The van der Waals surface area contributed by atoms with Crippen molar-refractivity contribution in [2.75, 3.05) is 5.73 Å². The van der Waals surface area contributed by atoms with Crippen LogP contribution in [-0.2, 0) is 21.9 Å². The average Bonchev–Trinajstić information content (AvgIpc) is 3.43. The van der Waals surface area contributed by atoms with Crippen LogP contribution in [0.5, 0.6) is 0 Å². The summed E-state index contributed by atoms with van der Waals surface area (Å²) in [6.07, 6.45) is 4.47. The van der Waals surface area contributed by atoms with Gasteiger partial charge in [0.25, 0.3) is 10.0 Å². The Morgan fingerprint density at radius 2 is 1.77 bits per heavy atom. The smallest absolute Gasteiger partial charge is 0.283 e. The number of anilines is 1. The van der Waals surface area contributed by atoms with Crippen LogP contribution in [0.2, 0.25) is 0 Å². The summed E-state index contributed by atoms with van der Waals surface area (Å²) in [5, 5.41) is 8.41. The van der Waals surface area contributed by atoms with Gasteiger partial charge in [0.1, 0.15) is 0 Å². The monoisotopic (exact) mass is 447 g/mol. The highest BCUT2D eigenvalue weighted by Gasteiger charge is 2.39. The quantitative estimate of drug-likeness (QED) is 0.495. The number of thiophene rings is 1. The van der Waals surface area contributed by atoms with E-state index in [2.05, 4.69) is 34.8 Å². The van der Waals surface area contributed by atoms with Crippen molar-refractivity contribution in [3.63, 3.8) is 0 Å². The van der Waals surface area contributed by atoms with E-state index < -0.39 is 15.4 Å². The van der Waals surface area contributed by atoms with Crippen LogP contribution in [0.25, 0.3) is 6.08 Å². The number of benzene rings is 2. The molecule has 0 bridgehead atoms. The molecule has 0 aliphatic heterocycles. The highest BCUT2D eigenvalue weighted by atomic mass is 32.2. The predicted molar refractivity (Wildman–Crippen MR) is 125 cm³/mol. The maximum atomic E-state index is 13.5. The third-order valence-corrected chi connectivity index (χ3v) is 8.18. The minimum atomic E-state index is -3.88. The van der Waals surface area contributed by atoms with Gasteiger partial charge >= 0.3 is 0 Å². The molecule has 31 heavy (non-hydrogen) atoms. The van der Waals surface area contributed by atoms with Crippen molar-refractivity contribution >= 4 is 33.3 Å². The molecular formula is C24H21N3O2S2. The van der Waals surface area contributed by atoms with Gasteiger partial charge in [0.05, 0.1) is 10.6 Å². The number of hydrogen-bond donors (Lipinski definition) is 1. The lowest BCUT2D eigenvalue weighted by Crippen LogP contribution is -2.32. The van der Waals surface area contributed by atoms with Gasteiger partial charge in [0.2, 0.25) is 0 Å². The Kier molecular flexibility index (Phi) is 4.60. The largest absolute Gasteiger partial charge is 0.382 e. The summed E-state index contributed by atoms with van der Waals surface area (Å²) in [6, 6.07) is 19.0. The lowest BCUT2D eigenvalue weighted by Gasteiger charge is -2.34. The van der Waals surface area contributed by atoms with Crippen LogP contribution in [0.4, 0.5) is 5.82 Å². The van der Waals surface area contributed by atoms with Crippen LogP contribution in [0.1, 0.15) is 27.9 Å². The van der Waals surface area contributed by atoms with Crippen LogP contribution < -0.4 is 5.73 Å². The molecule has 5 nitrogen and oxygen atoms in total. The van der Waals surface area contributed by atoms with Crippen molar-refractivity contribution in [1.82, 2.24) is 9.19 Å². The van der Waals surface area contributed by atoms with Crippen molar-refractivity contribution in [2.24, 2.45) is 0 Å². The minimum Gasteiger partial charge on any atom is -0.382 e. The highest BCUT2D eigenvalue weighted by molar-refractivity contribution is 7.89. The minimum absolute atomic E-state index is 0.193. The second-order valence-corrected chi connectivity index (χ2v) is 10.3. The fraction of sp³-hybridized carbons (Fsp3) is 0.125. The van der Waals surface area contributed by atoms with E-state index in [1.54, 1.807) is 35.6 Å². The van der Waals surface area contributed by atoms with Crippen LogP contribution in [0.15, 0.2) is 82.4 Å². The summed E-state index contributed by atoms with van der Waals surface area (Å²) in [6.45, 7) is 1.92. The van der Waals surface area contributed by atoms with Crippen LogP contribution in [0, 0.1) is 6.92 Å². The molecule has 0 amide bonds. The lowest BCUT2D eigenvalue weighted by atomic mass is 9.69. The van der Waals surface area contributed by atoms with Gasteiger partial charge in [-0.1, -0.05) is 60.2 Å². The molecule has 1 unspecified atom stereocenters. The molecule has 156 valence electrons. The Balaban J connectivity index is 1.70. The Morgan fingerprint density at radius 1 is 1.03 bits per heavy atom. The summed E-state index contributed by atoms with van der Waals surface area (Å²) in [5.74, 6) is 0.217. The Hall–Kier alpha value is -3.16. The zero-order valence-corrected chi connectivity index (χ0v) is 18.5. The second kappa shape index (κ2) is 7.21. The third-order valence-electron chi connectivity index (χ3n) is 5.87. The number of nitrogens with two attached hydrogens (primary N) is 1. The van der Waals surface area contributed by atoms with E-state index in [1.807, 2.05) is 36.6 Å². The van der Waals surface area contributed by atoms with Gasteiger partial charge in [-0.05, 0) is 47.0 Å². The van der Waals surface area contributed by atoms with Gasteiger partial charge in [-0.15, -0.1) is 5.10 Å². The predicted octanol–water partition coefficient (Wildman–Crippen LogP) is 4.63. The number of rotatable bonds is 4. The zero-order valence-electron chi connectivity index (χ0n) is 16.9. The number of hydrogen-bond acceptors (Lipinski definition) is 5. The van der Waals surface area contributed by atoms with Gasteiger partial charge in [-0.3, -0.25) is 0 Å². The summed E-state index contributed by atoms with van der Waals surface area (Å²) >= 11 is 1.62. The number of fused-ring (bicyclic) bond motifs is 1. The van der Waals surface area contributed by atoms with Crippen molar-refractivity contribution < 1.29 is 8.42 Å². The molecule has 2 aromatic heterocycles. The van der Waals surface area contributed by atoms with Crippen LogP contribution >= 0.6 is 11.3 Å². The topological polar surface area (TPSA) is 78.0 Å². The summed E-state index contributed by atoms with van der Waals surface area (Å²) in [7, 11) is -3.88. The summed E-state index contributed by atoms with van der Waals surface area (Å²) < 4.78 is 28.1. The molecule has 1 atom stereocenters. The Morgan fingerprint density at radius 3 is 2.45 bits per heavy atom. The fourth-order valence-corrected chi connectivity index (χ4v) is 6.25. The number of aryl methyl sites for hydroxylation is 1. The Bertz CT molecular complexity index is 1370. The first-order valence-corrected chi connectivity index (χ1v) is 12.3. The number of nitrogens with zero attached hydrogens (tertiary/aromatic N) is 2. The molecule has 1 aliphatic rings. The molecule has 0 fully saturated rings. The maximum absolute atomic E-state index is 13.5. The summed E-state index contributed by atoms with van der Waals surface area (Å²) in [4.78, 5) is 0.193. The van der Waals surface area contributed by atoms with Crippen LogP contribution in [0.3, 0.4) is 0 Å². The first-order valence-electron chi connectivity index (χ1n) is 9.89. The van der Waals surface area contributed by atoms with Crippen molar-refractivity contribution in [1.29, 1.82) is 0 Å². The molecule has 7 heteroatoms. The zero-order chi connectivity index (χ0) is 21.6. The SMILES string of the molecule is Cc1ccc(S(=O)(=O)n2nc(N)c3c2CC(c2ccccc2)(c2ccsc2)C=C3)cc1. The van der Waals surface area contributed by atoms with E-state index in [0.717, 1.165) is 20.8 Å². The number of allylic oxidation sites excluding steroid dienone is 1. The highest BCUT2D eigenvalue weighted by Crippen LogP contribution is 2.44. The number of aromatic nitrogens is 2. The van der Waals surface area contributed by atoms with E-state index in [0.29, 0.717) is 17.7 Å². The Labute approximate surface area is 185 Å². The van der Waals surface area contributed by atoms with Gasteiger partial charge < -0.3 is 5.73 Å². The first-order chi connectivity index (χ1) is 14.9. The molecule has 1 aliphatic carbocycles. The first kappa shape index (κ1) is 19.8.